The number of para-hydroxylation sites is 2. The number of halogens is 4. The van der Waals surface area contributed by atoms with Crippen LogP contribution < -0.4 is 15.4 Å². The van der Waals surface area contributed by atoms with Crippen LogP contribution in [-0.4, -0.2) is 35.9 Å². The third kappa shape index (κ3) is 4.04. The van der Waals surface area contributed by atoms with Crippen LogP contribution in [0, 0.1) is 11.6 Å². The van der Waals surface area contributed by atoms with Gasteiger partial charge in [0.2, 0.25) is 5.91 Å². The highest BCUT2D eigenvalue weighted by atomic mass is 19.3. The van der Waals surface area contributed by atoms with Gasteiger partial charge in [0.05, 0.1) is 5.69 Å². The van der Waals surface area contributed by atoms with Crippen molar-refractivity contribution in [3.8, 4) is 5.75 Å². The van der Waals surface area contributed by atoms with E-state index >= 15 is 0 Å². The number of carbonyl (C=O) groups is 3. The first-order valence-corrected chi connectivity index (χ1v) is 8.55. The van der Waals surface area contributed by atoms with E-state index in [1.807, 2.05) is 0 Å². The zero-order valence-corrected chi connectivity index (χ0v) is 15.4. The van der Waals surface area contributed by atoms with Crippen LogP contribution in [0.25, 0.3) is 0 Å². The number of nitrogens with zero attached hydrogens (tertiary/aromatic N) is 1. The third-order valence-electron chi connectivity index (χ3n) is 4.42. The Labute approximate surface area is 167 Å². The van der Waals surface area contributed by atoms with Gasteiger partial charge in [0, 0.05) is 5.56 Å². The van der Waals surface area contributed by atoms with Crippen molar-refractivity contribution in [1.82, 2.24) is 10.2 Å². The second-order valence-electron chi connectivity index (χ2n) is 6.49. The molecule has 1 fully saturated rings. The topological polar surface area (TPSA) is 87.7 Å². The average molecular weight is 425 g/mol. The summed E-state index contributed by atoms with van der Waals surface area (Å²) in [4.78, 5) is 37.8. The van der Waals surface area contributed by atoms with Crippen molar-refractivity contribution in [2.24, 2.45) is 0 Å². The number of alkyl halides is 2. The van der Waals surface area contributed by atoms with E-state index in [1.54, 1.807) is 0 Å². The molecule has 2 N–H and O–H groups in total. The van der Waals surface area contributed by atoms with E-state index in [-0.39, 0.29) is 11.4 Å². The second-order valence-corrected chi connectivity index (χ2v) is 6.49. The van der Waals surface area contributed by atoms with E-state index in [4.69, 9.17) is 0 Å². The Kier molecular flexibility index (Phi) is 5.63. The number of carbonyl (C=O) groups excluding carboxylic acids is 3. The molecule has 1 saturated heterocycles. The number of hydrogen-bond donors (Lipinski definition) is 2. The first-order valence-electron chi connectivity index (χ1n) is 8.55. The molecule has 1 aliphatic heterocycles. The van der Waals surface area contributed by atoms with Gasteiger partial charge in [-0.1, -0.05) is 12.1 Å². The number of hydrogen-bond acceptors (Lipinski definition) is 4. The minimum absolute atomic E-state index is 0.103. The lowest BCUT2D eigenvalue weighted by Crippen LogP contribution is -2.42. The van der Waals surface area contributed by atoms with E-state index in [0.29, 0.717) is 4.90 Å². The number of rotatable bonds is 6. The molecule has 1 heterocycles. The van der Waals surface area contributed by atoms with Crippen molar-refractivity contribution in [2.45, 2.75) is 19.1 Å². The van der Waals surface area contributed by atoms with Crippen LogP contribution in [-0.2, 0) is 15.1 Å². The summed E-state index contributed by atoms with van der Waals surface area (Å²) in [5, 5.41) is 4.51. The summed E-state index contributed by atoms with van der Waals surface area (Å²) in [6.07, 6.45) is 0. The summed E-state index contributed by atoms with van der Waals surface area (Å²) in [5.41, 5.74) is -2.44. The lowest BCUT2D eigenvalue weighted by Gasteiger charge is -2.22. The zero-order valence-electron chi connectivity index (χ0n) is 15.4. The predicted octanol–water partition coefficient (Wildman–Crippen LogP) is 2.97. The van der Waals surface area contributed by atoms with Gasteiger partial charge in [0.15, 0.2) is 0 Å². The van der Waals surface area contributed by atoms with E-state index in [0.717, 1.165) is 18.2 Å². The Morgan fingerprint density at radius 2 is 1.90 bits per heavy atom. The lowest BCUT2D eigenvalue weighted by molar-refractivity contribution is -0.133. The normalized spacial score (nSPS) is 18.5. The SMILES string of the molecule is CC1(c2cc(F)ccc2F)NC(=O)N(CC(=O)Nc2ccccc2OC(F)F)C1=O. The molecule has 0 radical (unpaired) electrons. The van der Waals surface area contributed by atoms with Gasteiger partial charge in [-0.05, 0) is 37.3 Å². The summed E-state index contributed by atoms with van der Waals surface area (Å²) in [6, 6.07) is 6.77. The molecule has 1 atom stereocenters. The Hall–Kier alpha value is -3.63. The molecular formula is C19H15F4N3O4. The smallest absolute Gasteiger partial charge is 0.387 e. The van der Waals surface area contributed by atoms with Crippen LogP contribution in [0.4, 0.5) is 28.0 Å². The van der Waals surface area contributed by atoms with Gasteiger partial charge in [-0.2, -0.15) is 8.78 Å². The molecule has 11 heteroatoms. The monoisotopic (exact) mass is 425 g/mol. The molecule has 30 heavy (non-hydrogen) atoms. The number of anilines is 1. The molecule has 0 aromatic heterocycles. The fraction of sp³-hybridized carbons (Fsp3) is 0.211. The first-order chi connectivity index (χ1) is 14.1. The molecule has 3 rings (SSSR count). The highest BCUT2D eigenvalue weighted by Gasteiger charge is 2.50. The van der Waals surface area contributed by atoms with Crippen LogP contribution in [0.2, 0.25) is 0 Å². The largest absolute Gasteiger partial charge is 0.433 e. The maximum atomic E-state index is 14.1. The molecule has 7 nitrogen and oxygen atoms in total. The lowest BCUT2D eigenvalue weighted by atomic mass is 9.91. The molecule has 1 aliphatic rings. The number of urea groups is 1. The van der Waals surface area contributed by atoms with Crippen molar-refractivity contribution >= 4 is 23.5 Å². The molecule has 2 aromatic carbocycles. The fourth-order valence-corrected chi connectivity index (χ4v) is 3.01. The second kappa shape index (κ2) is 8.01. The number of ether oxygens (including phenoxy) is 1. The highest BCUT2D eigenvalue weighted by molar-refractivity contribution is 6.10. The molecule has 158 valence electrons. The highest BCUT2D eigenvalue weighted by Crippen LogP contribution is 2.31. The van der Waals surface area contributed by atoms with Crippen molar-refractivity contribution in [1.29, 1.82) is 0 Å². The molecule has 0 bridgehead atoms. The fourth-order valence-electron chi connectivity index (χ4n) is 3.01. The molecular weight excluding hydrogens is 410 g/mol. The average Bonchev–Trinajstić information content (AvgIpc) is 2.89. The van der Waals surface area contributed by atoms with Gasteiger partial charge >= 0.3 is 12.6 Å². The molecule has 1 unspecified atom stereocenters. The Morgan fingerprint density at radius 3 is 2.60 bits per heavy atom. The summed E-state index contributed by atoms with van der Waals surface area (Å²) < 4.78 is 56.9. The van der Waals surface area contributed by atoms with Crippen LogP contribution in [0.3, 0.4) is 0 Å². The van der Waals surface area contributed by atoms with Gasteiger partial charge in [0.25, 0.3) is 5.91 Å². The van der Waals surface area contributed by atoms with Crippen LogP contribution in [0.5, 0.6) is 5.75 Å². The number of nitrogens with one attached hydrogen (secondary N) is 2. The van der Waals surface area contributed by atoms with Crippen molar-refractivity contribution in [3.05, 3.63) is 59.7 Å². The molecule has 0 spiro atoms. The van der Waals surface area contributed by atoms with Crippen molar-refractivity contribution in [2.75, 3.05) is 11.9 Å². The summed E-state index contributed by atoms with van der Waals surface area (Å²) in [7, 11) is 0. The maximum absolute atomic E-state index is 14.1. The van der Waals surface area contributed by atoms with Crippen LogP contribution in [0.15, 0.2) is 42.5 Å². The first kappa shape index (κ1) is 21.1. The summed E-state index contributed by atoms with van der Waals surface area (Å²) in [6.45, 7) is -2.74. The molecule has 0 saturated carbocycles. The maximum Gasteiger partial charge on any atom is 0.387 e. The Bertz CT molecular complexity index is 1020. The van der Waals surface area contributed by atoms with Gasteiger partial charge in [0.1, 0.15) is 29.5 Å². The van der Waals surface area contributed by atoms with E-state index in [9.17, 15) is 31.9 Å². The molecule has 2 aromatic rings. The van der Waals surface area contributed by atoms with Crippen molar-refractivity contribution < 1.29 is 36.7 Å². The standard InChI is InChI=1S/C19H15F4N3O4/c1-19(11-8-10(20)6-7-12(11)21)16(28)26(18(29)25-19)9-15(27)24-13-4-2-3-5-14(13)30-17(22)23/h2-8,17H,9H2,1H3,(H,24,27)(H,25,29). The summed E-state index contributed by atoms with van der Waals surface area (Å²) >= 11 is 0. The Morgan fingerprint density at radius 1 is 1.20 bits per heavy atom. The minimum Gasteiger partial charge on any atom is -0.433 e. The zero-order chi connectivity index (χ0) is 22.1. The Balaban J connectivity index is 1.78. The van der Waals surface area contributed by atoms with E-state index in [1.165, 1.54) is 31.2 Å². The molecule has 0 aliphatic carbocycles. The quantitative estimate of drug-likeness (QED) is 0.550. The predicted molar refractivity (Wildman–Crippen MR) is 95.7 cm³/mol. The van der Waals surface area contributed by atoms with E-state index < -0.39 is 53.7 Å². The van der Waals surface area contributed by atoms with Gasteiger partial charge in [-0.25, -0.2) is 13.6 Å². The van der Waals surface area contributed by atoms with Gasteiger partial charge in [-0.3, -0.25) is 14.5 Å². The van der Waals surface area contributed by atoms with Crippen molar-refractivity contribution in [3.63, 3.8) is 0 Å². The van der Waals surface area contributed by atoms with Gasteiger partial charge in [-0.15, -0.1) is 0 Å². The molecule has 4 amide bonds. The van der Waals surface area contributed by atoms with E-state index in [2.05, 4.69) is 15.4 Å². The van der Waals surface area contributed by atoms with Crippen LogP contribution >= 0.6 is 0 Å². The van der Waals surface area contributed by atoms with Gasteiger partial charge < -0.3 is 15.4 Å². The van der Waals surface area contributed by atoms with Crippen LogP contribution in [0.1, 0.15) is 12.5 Å². The third-order valence-corrected chi connectivity index (χ3v) is 4.42. The number of imide groups is 1. The summed E-state index contributed by atoms with van der Waals surface area (Å²) in [5.74, 6) is -3.93. The number of benzene rings is 2. The minimum atomic E-state index is -3.13. The number of amides is 4.